The summed E-state index contributed by atoms with van der Waals surface area (Å²) in [6, 6.07) is 0. The van der Waals surface area contributed by atoms with E-state index >= 15 is 0 Å². The lowest BCUT2D eigenvalue weighted by Crippen LogP contribution is -2.27. The van der Waals surface area contributed by atoms with Crippen molar-refractivity contribution in [3.63, 3.8) is 0 Å². The Morgan fingerprint density at radius 1 is 1.56 bits per heavy atom. The van der Waals surface area contributed by atoms with Gasteiger partial charge in [0.2, 0.25) is 0 Å². The Bertz CT molecular complexity index is 374. The van der Waals surface area contributed by atoms with Crippen molar-refractivity contribution in [3.8, 4) is 0 Å². The van der Waals surface area contributed by atoms with E-state index in [9.17, 15) is 4.79 Å². The summed E-state index contributed by atoms with van der Waals surface area (Å²) in [5.74, 6) is 0.256. The van der Waals surface area contributed by atoms with Gasteiger partial charge in [-0.25, -0.2) is 14.8 Å². The van der Waals surface area contributed by atoms with Gasteiger partial charge in [0, 0.05) is 11.8 Å². The molecule has 1 amide bonds. The molecule has 0 spiro atoms. The molecule has 1 rings (SSSR count). The van der Waals surface area contributed by atoms with Crippen LogP contribution >= 0.6 is 0 Å². The molecule has 16 heavy (non-hydrogen) atoms. The number of carbonyl (C=O) groups is 1. The standard InChI is InChI=1S/C10H15N3O3/c1-10(2,3)16-9(15)13-8-7(5-14)4-11-6-12-8/h4,6,14H,5H2,1-3H3,(H,11,12,13,15). The van der Waals surface area contributed by atoms with Crippen molar-refractivity contribution in [2.24, 2.45) is 0 Å². The van der Waals surface area contributed by atoms with Crippen molar-refractivity contribution >= 4 is 11.9 Å². The van der Waals surface area contributed by atoms with Crippen LogP contribution in [0.25, 0.3) is 0 Å². The summed E-state index contributed by atoms with van der Waals surface area (Å²) in [6.45, 7) is 5.05. The number of aliphatic hydroxyl groups is 1. The van der Waals surface area contributed by atoms with Gasteiger partial charge in [-0.1, -0.05) is 0 Å². The van der Waals surface area contributed by atoms with E-state index in [2.05, 4.69) is 15.3 Å². The number of nitrogens with zero attached hydrogens (tertiary/aromatic N) is 2. The molecule has 88 valence electrons. The molecule has 0 aromatic carbocycles. The number of aliphatic hydroxyl groups excluding tert-OH is 1. The number of ether oxygens (including phenoxy) is 1. The van der Waals surface area contributed by atoms with Crippen molar-refractivity contribution < 1.29 is 14.6 Å². The molecule has 0 radical (unpaired) electrons. The van der Waals surface area contributed by atoms with E-state index in [1.165, 1.54) is 12.5 Å². The number of anilines is 1. The van der Waals surface area contributed by atoms with Crippen LogP contribution in [0.5, 0.6) is 0 Å². The van der Waals surface area contributed by atoms with E-state index in [-0.39, 0.29) is 12.4 Å². The fourth-order valence-corrected chi connectivity index (χ4v) is 0.987. The van der Waals surface area contributed by atoms with E-state index in [1.54, 1.807) is 20.8 Å². The van der Waals surface area contributed by atoms with E-state index in [1.807, 2.05) is 0 Å². The lowest BCUT2D eigenvalue weighted by atomic mass is 10.2. The van der Waals surface area contributed by atoms with Crippen LogP contribution in [0.15, 0.2) is 12.5 Å². The monoisotopic (exact) mass is 225 g/mol. The van der Waals surface area contributed by atoms with E-state index in [4.69, 9.17) is 9.84 Å². The zero-order valence-electron chi connectivity index (χ0n) is 9.52. The lowest BCUT2D eigenvalue weighted by Gasteiger charge is -2.19. The number of nitrogens with one attached hydrogen (secondary N) is 1. The first kappa shape index (κ1) is 12.4. The molecule has 0 unspecified atom stereocenters. The molecule has 0 aliphatic rings. The summed E-state index contributed by atoms with van der Waals surface area (Å²) in [5.41, 5.74) is -0.135. The normalized spacial score (nSPS) is 11.0. The van der Waals surface area contributed by atoms with Gasteiger partial charge in [-0.2, -0.15) is 0 Å². The van der Waals surface area contributed by atoms with Crippen LogP contribution in [0, 0.1) is 0 Å². The molecule has 0 bridgehead atoms. The molecule has 0 aliphatic heterocycles. The third-order valence-corrected chi connectivity index (χ3v) is 1.58. The fraction of sp³-hybridized carbons (Fsp3) is 0.500. The molecule has 6 nitrogen and oxygen atoms in total. The first-order valence-corrected chi connectivity index (χ1v) is 4.82. The minimum atomic E-state index is -0.610. The number of aromatic nitrogens is 2. The van der Waals surface area contributed by atoms with Gasteiger partial charge in [0.1, 0.15) is 17.7 Å². The molecular weight excluding hydrogens is 210 g/mol. The summed E-state index contributed by atoms with van der Waals surface area (Å²) in [4.78, 5) is 19.0. The van der Waals surface area contributed by atoms with Crippen molar-refractivity contribution in [2.45, 2.75) is 33.0 Å². The van der Waals surface area contributed by atoms with Gasteiger partial charge in [-0.3, -0.25) is 5.32 Å². The average Bonchev–Trinajstić information content (AvgIpc) is 2.15. The molecule has 1 heterocycles. The second kappa shape index (κ2) is 4.89. The third-order valence-electron chi connectivity index (χ3n) is 1.58. The minimum Gasteiger partial charge on any atom is -0.444 e. The SMILES string of the molecule is CC(C)(C)OC(=O)Nc1ncncc1CO. The second-order valence-corrected chi connectivity index (χ2v) is 4.18. The second-order valence-electron chi connectivity index (χ2n) is 4.18. The Kier molecular flexibility index (Phi) is 3.78. The lowest BCUT2D eigenvalue weighted by molar-refractivity contribution is 0.0635. The van der Waals surface area contributed by atoms with Gasteiger partial charge in [0.15, 0.2) is 0 Å². The summed E-state index contributed by atoms with van der Waals surface area (Å²) in [6.07, 6.45) is 2.10. The smallest absolute Gasteiger partial charge is 0.413 e. The molecule has 0 atom stereocenters. The van der Waals surface area contributed by atoms with Crippen molar-refractivity contribution in [2.75, 3.05) is 5.32 Å². The molecule has 6 heteroatoms. The molecule has 0 aliphatic carbocycles. The highest BCUT2D eigenvalue weighted by molar-refractivity contribution is 5.84. The quantitative estimate of drug-likeness (QED) is 0.792. The zero-order chi connectivity index (χ0) is 12.2. The Balaban J connectivity index is 2.70. The third kappa shape index (κ3) is 3.82. The van der Waals surface area contributed by atoms with Gasteiger partial charge in [0.25, 0.3) is 0 Å². The fourth-order valence-electron chi connectivity index (χ4n) is 0.987. The summed E-state index contributed by atoms with van der Waals surface area (Å²) >= 11 is 0. The summed E-state index contributed by atoms with van der Waals surface area (Å²) < 4.78 is 5.05. The zero-order valence-corrected chi connectivity index (χ0v) is 9.52. The molecule has 0 saturated carbocycles. The Morgan fingerprint density at radius 2 is 2.25 bits per heavy atom. The summed E-state index contributed by atoms with van der Waals surface area (Å²) in [5, 5.41) is 11.4. The minimum absolute atomic E-state index is 0.244. The maximum Gasteiger partial charge on any atom is 0.413 e. The largest absolute Gasteiger partial charge is 0.444 e. The van der Waals surface area contributed by atoms with E-state index in [0.717, 1.165) is 0 Å². The van der Waals surface area contributed by atoms with Crippen molar-refractivity contribution in [1.29, 1.82) is 0 Å². The highest BCUT2D eigenvalue weighted by Crippen LogP contribution is 2.12. The van der Waals surface area contributed by atoms with Gasteiger partial charge >= 0.3 is 6.09 Å². The van der Waals surface area contributed by atoms with Gasteiger partial charge in [-0.05, 0) is 20.8 Å². The van der Waals surface area contributed by atoms with Gasteiger partial charge in [0.05, 0.1) is 6.61 Å². The van der Waals surface area contributed by atoms with Crippen LogP contribution in [-0.4, -0.2) is 26.8 Å². The molecule has 2 N–H and O–H groups in total. The number of hydrogen-bond acceptors (Lipinski definition) is 5. The van der Waals surface area contributed by atoms with E-state index in [0.29, 0.717) is 5.56 Å². The molecule has 0 fully saturated rings. The maximum atomic E-state index is 11.4. The molecule has 1 aromatic heterocycles. The predicted octanol–water partition coefficient (Wildman–Crippen LogP) is 1.32. The average molecular weight is 225 g/mol. The highest BCUT2D eigenvalue weighted by Gasteiger charge is 2.17. The Hall–Kier alpha value is -1.69. The van der Waals surface area contributed by atoms with Crippen LogP contribution in [-0.2, 0) is 11.3 Å². The van der Waals surface area contributed by atoms with Crippen LogP contribution in [0.4, 0.5) is 10.6 Å². The predicted molar refractivity (Wildman–Crippen MR) is 57.8 cm³/mol. The topological polar surface area (TPSA) is 84.3 Å². The molecular formula is C10H15N3O3. The van der Waals surface area contributed by atoms with Crippen LogP contribution in [0.1, 0.15) is 26.3 Å². The first-order chi connectivity index (χ1) is 7.42. The number of amides is 1. The number of hydrogen-bond donors (Lipinski definition) is 2. The first-order valence-electron chi connectivity index (χ1n) is 4.82. The maximum absolute atomic E-state index is 11.4. The van der Waals surface area contributed by atoms with Crippen LogP contribution in [0.2, 0.25) is 0 Å². The van der Waals surface area contributed by atoms with Crippen LogP contribution in [0.3, 0.4) is 0 Å². The Labute approximate surface area is 93.7 Å². The van der Waals surface area contributed by atoms with E-state index < -0.39 is 11.7 Å². The Morgan fingerprint density at radius 3 is 2.81 bits per heavy atom. The van der Waals surface area contributed by atoms with Gasteiger partial charge < -0.3 is 9.84 Å². The molecule has 1 aromatic rings. The van der Waals surface area contributed by atoms with Crippen LogP contribution < -0.4 is 5.32 Å². The number of rotatable bonds is 2. The molecule has 0 saturated heterocycles. The highest BCUT2D eigenvalue weighted by atomic mass is 16.6. The number of carbonyl (C=O) groups excluding carboxylic acids is 1. The summed E-state index contributed by atoms with van der Waals surface area (Å²) in [7, 11) is 0. The van der Waals surface area contributed by atoms with Gasteiger partial charge in [-0.15, -0.1) is 0 Å². The van der Waals surface area contributed by atoms with Crippen molar-refractivity contribution in [1.82, 2.24) is 9.97 Å². The van der Waals surface area contributed by atoms with Crippen molar-refractivity contribution in [3.05, 3.63) is 18.1 Å².